The average Bonchev–Trinajstić information content (AvgIpc) is 2.61. The molecule has 0 saturated heterocycles. The minimum absolute atomic E-state index is 0.184. The zero-order valence-corrected chi connectivity index (χ0v) is 8.94. The van der Waals surface area contributed by atoms with Gasteiger partial charge in [0.05, 0.1) is 19.0 Å². The quantitative estimate of drug-likeness (QED) is 0.759. The standard InChI is InChI=1S/C11H19F2NO/c12-7-9(8-13)5-11(15,6-9)10(14)3-1-2-4-10/h15H,1-8,14H2. The van der Waals surface area contributed by atoms with Gasteiger partial charge in [-0.1, -0.05) is 12.8 Å². The third-order valence-electron chi connectivity index (χ3n) is 4.32. The van der Waals surface area contributed by atoms with E-state index in [1.165, 1.54) is 0 Å². The van der Waals surface area contributed by atoms with Crippen molar-refractivity contribution in [3.8, 4) is 0 Å². The molecule has 0 aromatic heterocycles. The molecule has 2 aliphatic rings. The van der Waals surface area contributed by atoms with Crippen LogP contribution in [-0.4, -0.2) is 29.6 Å². The van der Waals surface area contributed by atoms with E-state index in [9.17, 15) is 13.9 Å². The van der Waals surface area contributed by atoms with Crippen molar-refractivity contribution in [1.29, 1.82) is 0 Å². The van der Waals surface area contributed by atoms with Gasteiger partial charge in [0.2, 0.25) is 0 Å². The molecule has 88 valence electrons. The summed E-state index contributed by atoms with van der Waals surface area (Å²) in [5, 5.41) is 10.3. The number of aliphatic hydroxyl groups is 1. The summed E-state index contributed by atoms with van der Waals surface area (Å²) in [5.41, 5.74) is 3.57. The number of alkyl halides is 2. The highest BCUT2D eigenvalue weighted by molar-refractivity contribution is 5.17. The first-order valence-electron chi connectivity index (χ1n) is 5.63. The van der Waals surface area contributed by atoms with Crippen LogP contribution < -0.4 is 5.73 Å². The van der Waals surface area contributed by atoms with Crippen molar-refractivity contribution in [2.24, 2.45) is 11.1 Å². The Kier molecular flexibility index (Phi) is 2.54. The minimum Gasteiger partial charge on any atom is -0.388 e. The Hall–Kier alpha value is -0.220. The van der Waals surface area contributed by atoms with Crippen LogP contribution in [0.25, 0.3) is 0 Å². The van der Waals surface area contributed by atoms with Gasteiger partial charge in [-0.05, 0) is 25.7 Å². The Bertz CT molecular complexity index is 239. The van der Waals surface area contributed by atoms with E-state index >= 15 is 0 Å². The summed E-state index contributed by atoms with van der Waals surface area (Å²) in [6.45, 7) is -1.39. The van der Waals surface area contributed by atoms with Crippen LogP contribution in [0.1, 0.15) is 38.5 Å². The summed E-state index contributed by atoms with van der Waals surface area (Å²) in [5.74, 6) is 0. The van der Waals surface area contributed by atoms with E-state index in [1.807, 2.05) is 0 Å². The molecular formula is C11H19F2NO. The van der Waals surface area contributed by atoms with Crippen LogP contribution >= 0.6 is 0 Å². The van der Waals surface area contributed by atoms with E-state index in [2.05, 4.69) is 0 Å². The van der Waals surface area contributed by atoms with Crippen LogP contribution in [-0.2, 0) is 0 Å². The molecule has 0 unspecified atom stereocenters. The van der Waals surface area contributed by atoms with Gasteiger partial charge in [0.25, 0.3) is 0 Å². The molecule has 0 heterocycles. The zero-order valence-electron chi connectivity index (χ0n) is 8.94. The van der Waals surface area contributed by atoms with Crippen LogP contribution in [0.3, 0.4) is 0 Å². The molecule has 2 fully saturated rings. The molecule has 0 aromatic rings. The highest BCUT2D eigenvalue weighted by Crippen LogP contribution is 2.56. The fourth-order valence-corrected chi connectivity index (χ4v) is 3.24. The molecule has 2 aliphatic carbocycles. The third kappa shape index (κ3) is 1.49. The molecular weight excluding hydrogens is 200 g/mol. The van der Waals surface area contributed by atoms with Gasteiger partial charge in [-0.2, -0.15) is 0 Å². The van der Waals surface area contributed by atoms with Gasteiger partial charge in [0.1, 0.15) is 0 Å². The van der Waals surface area contributed by atoms with Crippen LogP contribution in [0.15, 0.2) is 0 Å². The number of rotatable bonds is 3. The first kappa shape index (κ1) is 11.3. The lowest BCUT2D eigenvalue weighted by Crippen LogP contribution is -2.69. The molecule has 0 aliphatic heterocycles. The van der Waals surface area contributed by atoms with Crippen LogP contribution in [0.2, 0.25) is 0 Å². The maximum atomic E-state index is 12.7. The highest BCUT2D eigenvalue weighted by Gasteiger charge is 2.62. The fraction of sp³-hybridized carbons (Fsp3) is 1.00. The van der Waals surface area contributed by atoms with E-state index in [1.54, 1.807) is 0 Å². The molecule has 2 saturated carbocycles. The lowest BCUT2D eigenvalue weighted by atomic mass is 9.53. The average molecular weight is 219 g/mol. The molecule has 2 rings (SSSR count). The van der Waals surface area contributed by atoms with Crippen molar-refractivity contribution in [3.05, 3.63) is 0 Å². The molecule has 0 aromatic carbocycles. The number of hydrogen-bond donors (Lipinski definition) is 2. The maximum absolute atomic E-state index is 12.7. The van der Waals surface area contributed by atoms with Crippen molar-refractivity contribution < 1.29 is 13.9 Å². The Morgan fingerprint density at radius 1 is 1.07 bits per heavy atom. The summed E-state index contributed by atoms with van der Waals surface area (Å²) in [7, 11) is 0. The van der Waals surface area contributed by atoms with Crippen molar-refractivity contribution in [2.75, 3.05) is 13.3 Å². The van der Waals surface area contributed by atoms with E-state index in [0.717, 1.165) is 25.7 Å². The molecule has 15 heavy (non-hydrogen) atoms. The lowest BCUT2D eigenvalue weighted by molar-refractivity contribution is -0.183. The second-order valence-electron chi connectivity index (χ2n) is 5.52. The van der Waals surface area contributed by atoms with E-state index < -0.39 is 29.9 Å². The number of halogens is 2. The van der Waals surface area contributed by atoms with Crippen molar-refractivity contribution in [3.63, 3.8) is 0 Å². The van der Waals surface area contributed by atoms with Gasteiger partial charge < -0.3 is 10.8 Å². The van der Waals surface area contributed by atoms with Gasteiger partial charge in [0.15, 0.2) is 0 Å². The molecule has 0 bridgehead atoms. The van der Waals surface area contributed by atoms with Crippen molar-refractivity contribution in [1.82, 2.24) is 0 Å². The summed E-state index contributed by atoms with van der Waals surface area (Å²) in [4.78, 5) is 0. The Morgan fingerprint density at radius 3 is 1.93 bits per heavy atom. The predicted octanol–water partition coefficient (Wildman–Crippen LogP) is 1.71. The highest BCUT2D eigenvalue weighted by atomic mass is 19.1. The first-order valence-corrected chi connectivity index (χ1v) is 5.63. The van der Waals surface area contributed by atoms with E-state index in [0.29, 0.717) is 0 Å². The normalized spacial score (nSPS) is 31.2. The molecule has 4 heteroatoms. The largest absolute Gasteiger partial charge is 0.388 e. The van der Waals surface area contributed by atoms with E-state index in [4.69, 9.17) is 5.73 Å². The third-order valence-corrected chi connectivity index (χ3v) is 4.32. The number of hydrogen-bond acceptors (Lipinski definition) is 2. The van der Waals surface area contributed by atoms with Gasteiger partial charge in [0, 0.05) is 11.0 Å². The molecule has 2 nitrogen and oxygen atoms in total. The number of nitrogens with two attached hydrogens (primary N) is 1. The van der Waals surface area contributed by atoms with Crippen LogP contribution in [0.4, 0.5) is 8.78 Å². The topological polar surface area (TPSA) is 46.2 Å². The van der Waals surface area contributed by atoms with Crippen LogP contribution in [0, 0.1) is 5.41 Å². The fourth-order valence-electron chi connectivity index (χ4n) is 3.24. The predicted molar refractivity (Wildman–Crippen MR) is 54.0 cm³/mol. The van der Waals surface area contributed by atoms with Crippen molar-refractivity contribution >= 4 is 0 Å². The second-order valence-corrected chi connectivity index (χ2v) is 5.52. The van der Waals surface area contributed by atoms with E-state index in [-0.39, 0.29) is 12.8 Å². The summed E-state index contributed by atoms with van der Waals surface area (Å²) >= 11 is 0. The molecule has 0 spiro atoms. The van der Waals surface area contributed by atoms with Gasteiger partial charge in [-0.25, -0.2) is 0 Å². The summed E-state index contributed by atoms with van der Waals surface area (Å²) < 4.78 is 25.3. The molecule has 0 atom stereocenters. The van der Waals surface area contributed by atoms with Gasteiger partial charge in [-0.15, -0.1) is 0 Å². The monoisotopic (exact) mass is 219 g/mol. The smallest absolute Gasteiger partial charge is 0.0977 e. The second kappa shape index (κ2) is 3.39. The summed E-state index contributed by atoms with van der Waals surface area (Å²) in [6, 6.07) is 0. The minimum atomic E-state index is -1.03. The van der Waals surface area contributed by atoms with Gasteiger partial charge >= 0.3 is 0 Å². The Labute approximate surface area is 88.8 Å². The van der Waals surface area contributed by atoms with Crippen molar-refractivity contribution in [2.45, 2.75) is 49.7 Å². The lowest BCUT2D eigenvalue weighted by Gasteiger charge is -2.57. The Balaban J connectivity index is 2.06. The van der Waals surface area contributed by atoms with Gasteiger partial charge in [-0.3, -0.25) is 8.78 Å². The first-order chi connectivity index (χ1) is 6.99. The Morgan fingerprint density at radius 2 is 1.53 bits per heavy atom. The maximum Gasteiger partial charge on any atom is 0.0977 e. The molecule has 0 amide bonds. The summed E-state index contributed by atoms with van der Waals surface area (Å²) in [6.07, 6.45) is 3.94. The SMILES string of the molecule is NC1(C2(O)CC(CF)(CF)C2)CCCC1. The molecule has 3 N–H and O–H groups in total. The zero-order chi connectivity index (χ0) is 11.2. The molecule has 0 radical (unpaired) electrons. The van der Waals surface area contributed by atoms with Crippen LogP contribution in [0.5, 0.6) is 0 Å².